The summed E-state index contributed by atoms with van der Waals surface area (Å²) in [4.78, 5) is 33.9. The molecule has 1 N–H and O–H groups in total. The van der Waals surface area contributed by atoms with E-state index in [0.29, 0.717) is 54.9 Å². The first-order valence-electron chi connectivity index (χ1n) is 15.7. The van der Waals surface area contributed by atoms with E-state index in [1.165, 1.54) is 11.3 Å². The zero-order valence-electron chi connectivity index (χ0n) is 27.4. The summed E-state index contributed by atoms with van der Waals surface area (Å²) in [6.07, 6.45) is 3.98. The number of allylic oxidation sites excluding steroid dienone is 1. The molecule has 3 heterocycles. The number of hydrogen-bond acceptors (Lipinski definition) is 6. The van der Waals surface area contributed by atoms with Crippen LogP contribution < -0.4 is 29.7 Å². The van der Waals surface area contributed by atoms with Gasteiger partial charge in [0.05, 0.1) is 36.1 Å². The van der Waals surface area contributed by atoms with Gasteiger partial charge in [-0.3, -0.25) is 14.2 Å². The van der Waals surface area contributed by atoms with Crippen LogP contribution in [0.4, 0.5) is 5.69 Å². The zero-order chi connectivity index (χ0) is 34.2. The van der Waals surface area contributed by atoms with Crippen molar-refractivity contribution in [1.82, 2.24) is 9.13 Å². The van der Waals surface area contributed by atoms with Crippen molar-refractivity contribution in [3.05, 3.63) is 155 Å². The summed E-state index contributed by atoms with van der Waals surface area (Å²) in [7, 11) is 3.13. The normalized spacial score (nSPS) is 14.5. The van der Waals surface area contributed by atoms with Gasteiger partial charge in [-0.1, -0.05) is 77.5 Å². The predicted octanol–water partition coefficient (Wildman–Crippen LogP) is 6.86. The van der Waals surface area contributed by atoms with Crippen molar-refractivity contribution in [2.45, 2.75) is 26.4 Å². The Balaban J connectivity index is 1.38. The monoisotopic (exact) mass is 688 g/mol. The molecule has 0 bridgehead atoms. The van der Waals surface area contributed by atoms with Gasteiger partial charge in [0, 0.05) is 39.9 Å². The molecular weight excluding hydrogens is 656 g/mol. The highest BCUT2D eigenvalue weighted by atomic mass is 35.5. The maximum Gasteiger partial charge on any atom is 0.271 e. The number of rotatable bonds is 8. The average Bonchev–Trinajstić information content (AvgIpc) is 3.61. The number of aromatic nitrogens is 2. The molecule has 1 amide bonds. The highest BCUT2D eigenvalue weighted by molar-refractivity contribution is 7.07. The molecule has 246 valence electrons. The minimum absolute atomic E-state index is 0.244. The third-order valence-electron chi connectivity index (χ3n) is 8.76. The van der Waals surface area contributed by atoms with Gasteiger partial charge in [-0.15, -0.1) is 0 Å². The Labute approximate surface area is 291 Å². The lowest BCUT2D eigenvalue weighted by atomic mass is 9.94. The number of para-hydroxylation sites is 2. The van der Waals surface area contributed by atoms with Crippen molar-refractivity contribution in [3.8, 4) is 11.5 Å². The van der Waals surface area contributed by atoms with Crippen molar-refractivity contribution < 1.29 is 14.3 Å². The molecule has 4 aromatic carbocycles. The van der Waals surface area contributed by atoms with Crippen molar-refractivity contribution >= 4 is 51.5 Å². The fraction of sp³-hybridized carbons (Fsp3) is 0.154. The Morgan fingerprint density at radius 3 is 2.45 bits per heavy atom. The third kappa shape index (κ3) is 6.07. The SMILES string of the molecule is COc1ccc([C@@H]2C(C(=O)Nc3ccccc3C)=C(C)N=c3s/c(=C\c4cn(Cc5ccc(Cl)cc5)c5ccccc45)c(=O)n32)cc1OC. The third-order valence-corrected chi connectivity index (χ3v) is 9.99. The Morgan fingerprint density at radius 2 is 1.69 bits per heavy atom. The molecule has 0 unspecified atom stereocenters. The second kappa shape index (κ2) is 13.3. The first kappa shape index (κ1) is 32.2. The molecule has 10 heteroatoms. The van der Waals surface area contributed by atoms with Crippen LogP contribution in [0.15, 0.2) is 118 Å². The molecule has 6 aromatic rings. The number of nitrogens with one attached hydrogen (secondary N) is 1. The summed E-state index contributed by atoms with van der Waals surface area (Å²) < 4.78 is 15.4. The van der Waals surface area contributed by atoms with E-state index >= 15 is 0 Å². The van der Waals surface area contributed by atoms with Crippen LogP contribution in [0.5, 0.6) is 11.5 Å². The van der Waals surface area contributed by atoms with Crippen molar-refractivity contribution in [3.63, 3.8) is 0 Å². The first-order valence-corrected chi connectivity index (χ1v) is 16.9. The summed E-state index contributed by atoms with van der Waals surface area (Å²) in [5, 5.41) is 4.77. The van der Waals surface area contributed by atoms with E-state index < -0.39 is 6.04 Å². The van der Waals surface area contributed by atoms with Gasteiger partial charge in [0.25, 0.3) is 11.5 Å². The molecule has 1 atom stereocenters. The van der Waals surface area contributed by atoms with Crippen LogP contribution in [-0.4, -0.2) is 29.3 Å². The quantitative estimate of drug-likeness (QED) is 0.189. The number of amides is 1. The summed E-state index contributed by atoms with van der Waals surface area (Å²) in [5.41, 5.74) is 6.01. The lowest BCUT2D eigenvalue weighted by Crippen LogP contribution is -2.40. The summed E-state index contributed by atoms with van der Waals surface area (Å²) in [6.45, 7) is 4.39. The molecule has 0 fully saturated rings. The molecule has 0 saturated heterocycles. The van der Waals surface area contributed by atoms with Crippen molar-refractivity contribution in [1.29, 1.82) is 0 Å². The molecule has 1 aliphatic rings. The van der Waals surface area contributed by atoms with E-state index in [1.807, 2.05) is 92.7 Å². The van der Waals surface area contributed by atoms with Crippen LogP contribution in [0, 0.1) is 6.92 Å². The number of benzene rings is 4. The maximum atomic E-state index is 14.5. The number of carbonyl (C=O) groups excluding carboxylic acids is 1. The van der Waals surface area contributed by atoms with E-state index in [-0.39, 0.29) is 11.5 Å². The van der Waals surface area contributed by atoms with Crippen molar-refractivity contribution in [2.24, 2.45) is 4.99 Å². The van der Waals surface area contributed by atoms with Gasteiger partial charge in [-0.05, 0) is 73.0 Å². The second-order valence-corrected chi connectivity index (χ2v) is 13.3. The highest BCUT2D eigenvalue weighted by Crippen LogP contribution is 2.36. The minimum atomic E-state index is -0.770. The number of aryl methyl sites for hydroxylation is 1. The van der Waals surface area contributed by atoms with Gasteiger partial charge < -0.3 is 19.4 Å². The van der Waals surface area contributed by atoms with Gasteiger partial charge in [-0.2, -0.15) is 0 Å². The molecule has 2 aromatic heterocycles. The number of methoxy groups -OCH3 is 2. The van der Waals surface area contributed by atoms with Crippen LogP contribution in [0.2, 0.25) is 5.02 Å². The highest BCUT2D eigenvalue weighted by Gasteiger charge is 2.33. The van der Waals surface area contributed by atoms with Crippen LogP contribution in [0.25, 0.3) is 17.0 Å². The smallest absolute Gasteiger partial charge is 0.271 e. The van der Waals surface area contributed by atoms with Crippen LogP contribution in [0.1, 0.15) is 35.2 Å². The zero-order valence-corrected chi connectivity index (χ0v) is 28.9. The van der Waals surface area contributed by atoms with Gasteiger partial charge in [0.15, 0.2) is 16.3 Å². The summed E-state index contributed by atoms with van der Waals surface area (Å²) >= 11 is 7.43. The molecule has 0 saturated carbocycles. The fourth-order valence-electron chi connectivity index (χ4n) is 6.30. The summed E-state index contributed by atoms with van der Waals surface area (Å²) in [6, 6.07) is 28.2. The molecule has 0 spiro atoms. The summed E-state index contributed by atoms with van der Waals surface area (Å²) in [5.74, 6) is 0.694. The Hall–Kier alpha value is -5.38. The van der Waals surface area contributed by atoms with E-state index in [1.54, 1.807) is 24.9 Å². The van der Waals surface area contributed by atoms with E-state index in [0.717, 1.165) is 27.6 Å². The Bertz CT molecular complexity index is 2460. The number of hydrogen-bond donors (Lipinski definition) is 1. The standard InChI is InChI=1S/C39H33ClN4O4S/c1-23-9-5-7-11-30(23)42-37(45)35-24(2)41-39-44(36(35)26-15-18-32(47-3)33(19-26)48-4)38(46)34(49-39)20-27-22-43(31-12-8-6-10-29(27)31)21-25-13-16-28(40)17-14-25/h5-20,22,36H,21H2,1-4H3,(H,42,45)/b34-20-/t36-/m1/s1. The molecule has 8 nitrogen and oxygen atoms in total. The van der Waals surface area contributed by atoms with Gasteiger partial charge in [0.1, 0.15) is 0 Å². The van der Waals surface area contributed by atoms with E-state index in [4.69, 9.17) is 26.1 Å². The molecule has 1 aliphatic heterocycles. The largest absolute Gasteiger partial charge is 0.493 e. The number of anilines is 1. The molecular formula is C39H33ClN4O4S. The Kier molecular flexibility index (Phi) is 8.71. The Morgan fingerprint density at radius 1 is 0.959 bits per heavy atom. The predicted molar refractivity (Wildman–Crippen MR) is 196 cm³/mol. The van der Waals surface area contributed by atoms with Gasteiger partial charge in [-0.25, -0.2) is 4.99 Å². The number of halogens is 1. The van der Waals surface area contributed by atoms with Gasteiger partial charge >= 0.3 is 0 Å². The maximum absolute atomic E-state index is 14.5. The number of thiazole rings is 1. The van der Waals surface area contributed by atoms with Crippen LogP contribution >= 0.6 is 22.9 Å². The van der Waals surface area contributed by atoms with E-state index in [2.05, 4.69) is 28.2 Å². The molecule has 0 aliphatic carbocycles. The number of nitrogens with zero attached hydrogens (tertiary/aromatic N) is 3. The average molecular weight is 689 g/mol. The number of fused-ring (bicyclic) bond motifs is 2. The van der Waals surface area contributed by atoms with Crippen LogP contribution in [-0.2, 0) is 11.3 Å². The first-order chi connectivity index (χ1) is 23.7. The fourth-order valence-corrected chi connectivity index (χ4v) is 7.47. The van der Waals surface area contributed by atoms with Crippen molar-refractivity contribution in [2.75, 3.05) is 19.5 Å². The number of ether oxygens (including phenoxy) is 2. The lowest BCUT2D eigenvalue weighted by molar-refractivity contribution is -0.113. The molecule has 49 heavy (non-hydrogen) atoms. The topological polar surface area (TPSA) is 86.9 Å². The lowest BCUT2D eigenvalue weighted by Gasteiger charge is -2.26. The second-order valence-electron chi connectivity index (χ2n) is 11.8. The molecule has 7 rings (SSSR count). The van der Waals surface area contributed by atoms with Crippen LogP contribution in [0.3, 0.4) is 0 Å². The molecule has 0 radical (unpaired) electrons. The van der Waals surface area contributed by atoms with E-state index in [9.17, 15) is 9.59 Å². The van der Waals surface area contributed by atoms with Gasteiger partial charge in [0.2, 0.25) is 0 Å². The minimum Gasteiger partial charge on any atom is -0.493 e. The number of carbonyl (C=O) groups is 1.